The number of carbonyl (C=O) groups excluding carboxylic acids is 1. The molecule has 4 nitrogen and oxygen atoms in total. The van der Waals surface area contributed by atoms with Crippen molar-refractivity contribution < 1.29 is 13.9 Å². The fourth-order valence-corrected chi connectivity index (χ4v) is 1.11. The van der Waals surface area contributed by atoms with E-state index in [0.717, 1.165) is 6.07 Å². The quantitative estimate of drug-likeness (QED) is 0.761. The number of ether oxygens (including phenoxy) is 1. The van der Waals surface area contributed by atoms with Crippen LogP contribution >= 0.6 is 0 Å². The number of carbonyl (C=O) groups is 1. The summed E-state index contributed by atoms with van der Waals surface area (Å²) in [5.41, 5.74) is 5.36. The molecule has 0 heterocycles. The molecule has 1 aromatic carbocycles. The molecule has 0 radical (unpaired) electrons. The summed E-state index contributed by atoms with van der Waals surface area (Å²) in [5.74, 6) is -0.514. The number of benzene rings is 1. The topological polar surface area (TPSA) is 64.3 Å². The zero-order valence-corrected chi connectivity index (χ0v) is 9.29. The van der Waals surface area contributed by atoms with Crippen LogP contribution in [0.5, 0.6) is 5.75 Å². The Morgan fingerprint density at radius 1 is 1.56 bits per heavy atom. The van der Waals surface area contributed by atoms with Crippen molar-refractivity contribution in [2.45, 2.75) is 19.9 Å². The van der Waals surface area contributed by atoms with E-state index in [1.807, 2.05) is 13.8 Å². The Morgan fingerprint density at radius 2 is 2.25 bits per heavy atom. The second-order valence-corrected chi connectivity index (χ2v) is 3.69. The van der Waals surface area contributed by atoms with Crippen molar-refractivity contribution >= 4 is 11.6 Å². The number of anilines is 1. The first-order valence-corrected chi connectivity index (χ1v) is 4.96. The van der Waals surface area contributed by atoms with Gasteiger partial charge in [0.05, 0.1) is 5.69 Å². The fraction of sp³-hybridized carbons (Fsp3) is 0.364. The molecule has 0 unspecified atom stereocenters. The van der Waals surface area contributed by atoms with E-state index in [1.54, 1.807) is 0 Å². The van der Waals surface area contributed by atoms with Crippen LogP contribution in [0.3, 0.4) is 0 Å². The molecule has 0 bridgehead atoms. The number of halogens is 1. The molecule has 0 spiro atoms. The normalized spacial score (nSPS) is 10.2. The molecule has 16 heavy (non-hydrogen) atoms. The van der Waals surface area contributed by atoms with Gasteiger partial charge in [0.2, 0.25) is 0 Å². The Kier molecular flexibility index (Phi) is 4.10. The van der Waals surface area contributed by atoms with Crippen LogP contribution in [0.2, 0.25) is 0 Å². The van der Waals surface area contributed by atoms with Crippen LogP contribution in [0.4, 0.5) is 10.1 Å². The lowest BCUT2D eigenvalue weighted by atomic mass is 10.3. The Morgan fingerprint density at radius 3 is 2.81 bits per heavy atom. The molecule has 0 aliphatic rings. The lowest BCUT2D eigenvalue weighted by Gasteiger charge is -2.09. The highest BCUT2D eigenvalue weighted by molar-refractivity contribution is 5.77. The zero-order chi connectivity index (χ0) is 12.1. The summed E-state index contributed by atoms with van der Waals surface area (Å²) < 4.78 is 18.1. The second kappa shape index (κ2) is 5.34. The molecule has 88 valence electrons. The van der Waals surface area contributed by atoms with Gasteiger partial charge in [-0.2, -0.15) is 0 Å². The fourth-order valence-electron chi connectivity index (χ4n) is 1.11. The first-order chi connectivity index (χ1) is 7.49. The van der Waals surface area contributed by atoms with Crippen LogP contribution in [0, 0.1) is 5.82 Å². The molecule has 0 saturated carbocycles. The van der Waals surface area contributed by atoms with Crippen LogP contribution in [0.15, 0.2) is 18.2 Å². The third-order valence-corrected chi connectivity index (χ3v) is 1.79. The van der Waals surface area contributed by atoms with Gasteiger partial charge in [-0.05, 0) is 26.0 Å². The first-order valence-electron chi connectivity index (χ1n) is 4.96. The van der Waals surface area contributed by atoms with Crippen LogP contribution in [-0.4, -0.2) is 18.6 Å². The average molecular weight is 226 g/mol. The molecule has 0 aliphatic carbocycles. The standard InChI is InChI=1S/C11H15FN2O2/c1-7(2)14-11(15)6-16-8-3-4-10(13)9(12)5-8/h3-5,7H,6,13H2,1-2H3,(H,14,15). The number of nitrogens with one attached hydrogen (secondary N) is 1. The third kappa shape index (κ3) is 3.76. The first kappa shape index (κ1) is 12.3. The summed E-state index contributed by atoms with van der Waals surface area (Å²) in [7, 11) is 0. The highest BCUT2D eigenvalue weighted by atomic mass is 19.1. The van der Waals surface area contributed by atoms with E-state index < -0.39 is 5.82 Å². The summed E-state index contributed by atoms with van der Waals surface area (Å²) >= 11 is 0. The summed E-state index contributed by atoms with van der Waals surface area (Å²) in [5, 5.41) is 2.66. The predicted octanol–water partition coefficient (Wildman–Crippen LogP) is 1.31. The van der Waals surface area contributed by atoms with Crippen molar-refractivity contribution in [3.8, 4) is 5.75 Å². The number of hydrogen-bond donors (Lipinski definition) is 2. The molecular formula is C11H15FN2O2. The Hall–Kier alpha value is -1.78. The SMILES string of the molecule is CC(C)NC(=O)COc1ccc(N)c(F)c1. The lowest BCUT2D eigenvalue weighted by molar-refractivity contribution is -0.123. The number of hydrogen-bond acceptors (Lipinski definition) is 3. The molecule has 0 aromatic heterocycles. The zero-order valence-electron chi connectivity index (χ0n) is 9.29. The largest absolute Gasteiger partial charge is 0.484 e. The maximum Gasteiger partial charge on any atom is 0.258 e. The number of nitrogen functional groups attached to an aromatic ring is 1. The van der Waals surface area contributed by atoms with Gasteiger partial charge < -0.3 is 15.8 Å². The molecule has 0 saturated heterocycles. The predicted molar refractivity (Wildman–Crippen MR) is 59.6 cm³/mol. The van der Waals surface area contributed by atoms with Crippen LogP contribution < -0.4 is 15.8 Å². The minimum Gasteiger partial charge on any atom is -0.484 e. The molecule has 3 N–H and O–H groups in total. The Bertz CT molecular complexity index is 380. The van der Waals surface area contributed by atoms with E-state index in [9.17, 15) is 9.18 Å². The summed E-state index contributed by atoms with van der Waals surface area (Å²) in [4.78, 5) is 11.2. The van der Waals surface area contributed by atoms with Crippen molar-refractivity contribution in [3.05, 3.63) is 24.0 Å². The van der Waals surface area contributed by atoms with E-state index in [2.05, 4.69) is 5.32 Å². The molecule has 0 fully saturated rings. The highest BCUT2D eigenvalue weighted by Crippen LogP contribution is 2.17. The van der Waals surface area contributed by atoms with Gasteiger partial charge in [0, 0.05) is 12.1 Å². The molecule has 0 atom stereocenters. The van der Waals surface area contributed by atoms with Crippen molar-refractivity contribution in [2.24, 2.45) is 0 Å². The summed E-state index contributed by atoms with van der Waals surface area (Å²) in [6, 6.07) is 4.11. The molecule has 1 aromatic rings. The second-order valence-electron chi connectivity index (χ2n) is 3.69. The van der Waals surface area contributed by atoms with Gasteiger partial charge in [-0.3, -0.25) is 4.79 Å². The lowest BCUT2D eigenvalue weighted by Crippen LogP contribution is -2.34. The minimum absolute atomic E-state index is 0.0546. The smallest absolute Gasteiger partial charge is 0.258 e. The van der Waals surface area contributed by atoms with Crippen molar-refractivity contribution in [1.29, 1.82) is 0 Å². The van der Waals surface area contributed by atoms with Gasteiger partial charge in [-0.15, -0.1) is 0 Å². The summed E-state index contributed by atoms with van der Waals surface area (Å²) in [6.07, 6.45) is 0. The third-order valence-electron chi connectivity index (χ3n) is 1.79. The summed E-state index contributed by atoms with van der Waals surface area (Å²) in [6.45, 7) is 3.56. The Labute approximate surface area is 93.6 Å². The van der Waals surface area contributed by atoms with Gasteiger partial charge >= 0.3 is 0 Å². The van der Waals surface area contributed by atoms with Crippen molar-refractivity contribution in [3.63, 3.8) is 0 Å². The van der Waals surface area contributed by atoms with E-state index >= 15 is 0 Å². The number of rotatable bonds is 4. The minimum atomic E-state index is -0.554. The van der Waals surface area contributed by atoms with Crippen molar-refractivity contribution in [2.75, 3.05) is 12.3 Å². The van der Waals surface area contributed by atoms with Gasteiger partial charge in [0.1, 0.15) is 11.6 Å². The molecule has 0 aliphatic heterocycles. The van der Waals surface area contributed by atoms with Crippen LogP contribution in [0.25, 0.3) is 0 Å². The van der Waals surface area contributed by atoms with Crippen LogP contribution in [-0.2, 0) is 4.79 Å². The molecule has 1 amide bonds. The average Bonchev–Trinajstić information content (AvgIpc) is 2.19. The maximum absolute atomic E-state index is 13.0. The van der Waals surface area contributed by atoms with Gasteiger partial charge in [0.15, 0.2) is 6.61 Å². The van der Waals surface area contributed by atoms with Crippen molar-refractivity contribution in [1.82, 2.24) is 5.32 Å². The van der Waals surface area contributed by atoms with Gasteiger partial charge in [0.25, 0.3) is 5.91 Å². The monoisotopic (exact) mass is 226 g/mol. The molecule has 1 rings (SSSR count). The van der Waals surface area contributed by atoms with Crippen LogP contribution in [0.1, 0.15) is 13.8 Å². The van der Waals surface area contributed by atoms with E-state index in [1.165, 1.54) is 12.1 Å². The Balaban J connectivity index is 2.48. The van der Waals surface area contributed by atoms with Gasteiger partial charge in [-0.1, -0.05) is 0 Å². The van der Waals surface area contributed by atoms with E-state index in [0.29, 0.717) is 0 Å². The number of nitrogens with two attached hydrogens (primary N) is 1. The van der Waals surface area contributed by atoms with E-state index in [-0.39, 0.29) is 30.0 Å². The maximum atomic E-state index is 13.0. The number of amides is 1. The highest BCUT2D eigenvalue weighted by Gasteiger charge is 2.05. The molecular weight excluding hydrogens is 211 g/mol. The van der Waals surface area contributed by atoms with Gasteiger partial charge in [-0.25, -0.2) is 4.39 Å². The van der Waals surface area contributed by atoms with E-state index in [4.69, 9.17) is 10.5 Å². The molecule has 5 heteroatoms.